The largest absolute Gasteiger partial charge is 0.355 e. The van der Waals surface area contributed by atoms with Crippen LogP contribution in [0, 0.1) is 11.2 Å². The van der Waals surface area contributed by atoms with Gasteiger partial charge in [0.1, 0.15) is 11.2 Å². The molecule has 1 aliphatic carbocycles. The van der Waals surface area contributed by atoms with Crippen molar-refractivity contribution in [3.8, 4) is 0 Å². The maximum Gasteiger partial charge on any atom is 0.240 e. The van der Waals surface area contributed by atoms with Crippen LogP contribution in [0.1, 0.15) is 30.9 Å². The van der Waals surface area contributed by atoms with Crippen LogP contribution >= 0.6 is 0 Å². The first-order valence-electron chi connectivity index (χ1n) is 8.96. The molecule has 2 aromatic carbocycles. The Labute approximate surface area is 152 Å². The van der Waals surface area contributed by atoms with Gasteiger partial charge < -0.3 is 10.6 Å². The van der Waals surface area contributed by atoms with Gasteiger partial charge >= 0.3 is 0 Å². The van der Waals surface area contributed by atoms with Gasteiger partial charge in [0.05, 0.1) is 0 Å². The second-order valence-electron chi connectivity index (χ2n) is 6.72. The molecule has 0 unspecified atom stereocenters. The highest BCUT2D eigenvalue weighted by atomic mass is 19.1. The lowest BCUT2D eigenvalue weighted by atomic mass is 10.0. The molecular formula is C21H23FN2O2. The molecule has 0 aromatic heterocycles. The number of halogens is 1. The van der Waals surface area contributed by atoms with Crippen molar-refractivity contribution in [2.45, 2.75) is 32.6 Å². The molecule has 136 valence electrons. The molecule has 0 atom stereocenters. The van der Waals surface area contributed by atoms with E-state index >= 15 is 0 Å². The van der Waals surface area contributed by atoms with Crippen molar-refractivity contribution >= 4 is 17.5 Å². The fraction of sp³-hybridized carbons (Fsp3) is 0.333. The van der Waals surface area contributed by atoms with E-state index < -0.39 is 5.41 Å². The summed E-state index contributed by atoms with van der Waals surface area (Å²) in [5.74, 6) is -0.762. The summed E-state index contributed by atoms with van der Waals surface area (Å²) in [6.07, 6.45) is 2.67. The lowest BCUT2D eigenvalue weighted by Crippen LogP contribution is -2.40. The third kappa shape index (κ3) is 4.10. The van der Waals surface area contributed by atoms with Crippen LogP contribution in [-0.4, -0.2) is 18.4 Å². The van der Waals surface area contributed by atoms with E-state index in [1.807, 2.05) is 24.3 Å². The summed E-state index contributed by atoms with van der Waals surface area (Å²) in [4.78, 5) is 25.0. The molecule has 3 rings (SSSR count). The molecular weight excluding hydrogens is 331 g/mol. The third-order valence-corrected chi connectivity index (χ3v) is 4.85. The molecule has 4 nitrogen and oxygen atoms in total. The zero-order chi connectivity index (χ0) is 18.6. The standard InChI is InChI=1S/C21H23FN2O2/c1-2-15-5-9-18(10-6-15)24-20(26)21(12-13-21)19(25)23-14-11-16-3-7-17(22)8-4-16/h3-10H,2,11-14H2,1H3,(H,23,25)(H,24,26). The molecule has 1 fully saturated rings. The van der Waals surface area contributed by atoms with Gasteiger partial charge in [-0.25, -0.2) is 4.39 Å². The zero-order valence-corrected chi connectivity index (χ0v) is 14.8. The van der Waals surface area contributed by atoms with Gasteiger partial charge in [0.15, 0.2) is 0 Å². The van der Waals surface area contributed by atoms with E-state index in [1.54, 1.807) is 12.1 Å². The summed E-state index contributed by atoms with van der Waals surface area (Å²) in [7, 11) is 0. The van der Waals surface area contributed by atoms with Gasteiger partial charge in [-0.15, -0.1) is 0 Å². The Morgan fingerprint density at radius 2 is 1.58 bits per heavy atom. The fourth-order valence-electron chi connectivity index (χ4n) is 2.90. The van der Waals surface area contributed by atoms with Crippen molar-refractivity contribution in [2.24, 2.45) is 5.41 Å². The van der Waals surface area contributed by atoms with Crippen molar-refractivity contribution in [3.63, 3.8) is 0 Å². The second-order valence-corrected chi connectivity index (χ2v) is 6.72. The van der Waals surface area contributed by atoms with Gasteiger partial charge in [-0.1, -0.05) is 31.2 Å². The molecule has 0 spiro atoms. The molecule has 2 N–H and O–H groups in total. The van der Waals surface area contributed by atoms with E-state index in [4.69, 9.17) is 0 Å². The van der Waals surface area contributed by atoms with Gasteiger partial charge in [-0.05, 0) is 61.1 Å². The van der Waals surface area contributed by atoms with Crippen LogP contribution in [0.25, 0.3) is 0 Å². The van der Waals surface area contributed by atoms with Crippen molar-refractivity contribution in [1.82, 2.24) is 5.32 Å². The molecule has 0 radical (unpaired) electrons. The van der Waals surface area contributed by atoms with E-state index in [0.29, 0.717) is 31.5 Å². The fourth-order valence-corrected chi connectivity index (χ4v) is 2.90. The number of hydrogen-bond acceptors (Lipinski definition) is 2. The maximum atomic E-state index is 12.9. The number of carbonyl (C=O) groups is 2. The van der Waals surface area contributed by atoms with Crippen molar-refractivity contribution in [3.05, 3.63) is 65.5 Å². The molecule has 26 heavy (non-hydrogen) atoms. The number of rotatable bonds is 7. The molecule has 2 aromatic rings. The smallest absolute Gasteiger partial charge is 0.240 e. The molecule has 1 aliphatic rings. The number of anilines is 1. The van der Waals surface area contributed by atoms with E-state index in [2.05, 4.69) is 17.6 Å². The molecule has 0 saturated heterocycles. The van der Waals surface area contributed by atoms with Crippen LogP contribution in [-0.2, 0) is 22.4 Å². The summed E-state index contributed by atoms with van der Waals surface area (Å²) >= 11 is 0. The van der Waals surface area contributed by atoms with Gasteiger partial charge in [-0.3, -0.25) is 9.59 Å². The average Bonchev–Trinajstić information content (AvgIpc) is 3.46. The average molecular weight is 354 g/mol. The highest BCUT2D eigenvalue weighted by Gasteiger charge is 2.56. The summed E-state index contributed by atoms with van der Waals surface area (Å²) in [5.41, 5.74) is 1.89. The Balaban J connectivity index is 1.52. The van der Waals surface area contributed by atoms with Crippen LogP contribution in [0.2, 0.25) is 0 Å². The van der Waals surface area contributed by atoms with E-state index in [9.17, 15) is 14.0 Å². The second kappa shape index (κ2) is 7.68. The van der Waals surface area contributed by atoms with Crippen LogP contribution in [0.4, 0.5) is 10.1 Å². The highest BCUT2D eigenvalue weighted by molar-refractivity contribution is 6.13. The van der Waals surface area contributed by atoms with Crippen LogP contribution in [0.5, 0.6) is 0 Å². The quantitative estimate of drug-likeness (QED) is 0.748. The van der Waals surface area contributed by atoms with Crippen molar-refractivity contribution in [2.75, 3.05) is 11.9 Å². The minimum absolute atomic E-state index is 0.234. The Morgan fingerprint density at radius 3 is 2.15 bits per heavy atom. The lowest BCUT2D eigenvalue weighted by Gasteiger charge is -2.15. The monoisotopic (exact) mass is 354 g/mol. The topological polar surface area (TPSA) is 58.2 Å². The predicted molar refractivity (Wildman–Crippen MR) is 99.2 cm³/mol. The first-order chi connectivity index (χ1) is 12.5. The Bertz CT molecular complexity index is 781. The summed E-state index contributed by atoms with van der Waals surface area (Å²) in [6, 6.07) is 13.9. The first-order valence-corrected chi connectivity index (χ1v) is 8.96. The number of amides is 2. The SMILES string of the molecule is CCc1ccc(NC(=O)C2(C(=O)NCCc3ccc(F)cc3)CC2)cc1. The van der Waals surface area contributed by atoms with Gasteiger partial charge in [0, 0.05) is 12.2 Å². The summed E-state index contributed by atoms with van der Waals surface area (Å²) in [6.45, 7) is 2.49. The minimum Gasteiger partial charge on any atom is -0.355 e. The number of aryl methyl sites for hydroxylation is 1. The van der Waals surface area contributed by atoms with E-state index in [1.165, 1.54) is 17.7 Å². The number of carbonyl (C=O) groups excluding carboxylic acids is 2. The van der Waals surface area contributed by atoms with Crippen molar-refractivity contribution < 1.29 is 14.0 Å². The number of hydrogen-bond donors (Lipinski definition) is 2. The van der Waals surface area contributed by atoms with Crippen LogP contribution in [0.3, 0.4) is 0 Å². The van der Waals surface area contributed by atoms with Crippen LogP contribution in [0.15, 0.2) is 48.5 Å². The van der Waals surface area contributed by atoms with Gasteiger partial charge in [0.25, 0.3) is 0 Å². The van der Waals surface area contributed by atoms with Gasteiger partial charge in [0.2, 0.25) is 11.8 Å². The first kappa shape index (κ1) is 18.1. The molecule has 2 amide bonds. The molecule has 0 bridgehead atoms. The maximum absolute atomic E-state index is 12.9. The Morgan fingerprint density at radius 1 is 0.962 bits per heavy atom. The van der Waals surface area contributed by atoms with Crippen molar-refractivity contribution in [1.29, 1.82) is 0 Å². The summed E-state index contributed by atoms with van der Waals surface area (Å²) in [5, 5.41) is 5.69. The number of nitrogens with one attached hydrogen (secondary N) is 2. The molecule has 0 aliphatic heterocycles. The van der Waals surface area contributed by atoms with Crippen LogP contribution < -0.4 is 10.6 Å². The zero-order valence-electron chi connectivity index (χ0n) is 14.8. The van der Waals surface area contributed by atoms with E-state index in [-0.39, 0.29) is 17.6 Å². The van der Waals surface area contributed by atoms with Gasteiger partial charge in [-0.2, -0.15) is 0 Å². The Kier molecular flexibility index (Phi) is 5.35. The highest BCUT2D eigenvalue weighted by Crippen LogP contribution is 2.46. The Hall–Kier alpha value is -2.69. The molecule has 1 saturated carbocycles. The molecule has 5 heteroatoms. The third-order valence-electron chi connectivity index (χ3n) is 4.85. The molecule has 0 heterocycles. The lowest BCUT2D eigenvalue weighted by molar-refractivity contribution is -0.134. The normalized spacial score (nSPS) is 14.5. The summed E-state index contributed by atoms with van der Waals surface area (Å²) < 4.78 is 12.9. The minimum atomic E-state index is -0.952. The van der Waals surface area contributed by atoms with E-state index in [0.717, 1.165) is 12.0 Å². The predicted octanol–water partition coefficient (Wildman–Crippen LogP) is 3.47. The number of benzene rings is 2.